The van der Waals surface area contributed by atoms with Crippen LogP contribution >= 0.6 is 0 Å². The zero-order valence-corrected chi connectivity index (χ0v) is 10.3. The van der Waals surface area contributed by atoms with Crippen molar-refractivity contribution in [3.63, 3.8) is 0 Å². The van der Waals surface area contributed by atoms with Crippen LogP contribution in [-0.4, -0.2) is 38.8 Å². The van der Waals surface area contributed by atoms with E-state index in [0.29, 0.717) is 5.52 Å². The van der Waals surface area contributed by atoms with Crippen LogP contribution in [0.3, 0.4) is 0 Å². The predicted octanol–water partition coefficient (Wildman–Crippen LogP) is -0.639. The number of amides is 1. The van der Waals surface area contributed by atoms with Crippen LogP contribution in [0.4, 0.5) is 0 Å². The third kappa shape index (κ3) is 2.15. The van der Waals surface area contributed by atoms with Gasteiger partial charge in [-0.1, -0.05) is 0 Å². The number of fused-ring (bicyclic) bond motifs is 1. The molecule has 0 atom stereocenters. The van der Waals surface area contributed by atoms with E-state index in [-0.39, 0.29) is 24.2 Å². The minimum absolute atomic E-state index is 0.00167. The lowest BCUT2D eigenvalue weighted by Gasteiger charge is -2.10. The molecule has 0 unspecified atom stereocenters. The van der Waals surface area contributed by atoms with Gasteiger partial charge in [0, 0.05) is 19.8 Å². The number of carbonyl (C=O) groups excluding carboxylic acids is 1. The lowest BCUT2D eigenvalue weighted by molar-refractivity contribution is 0.0940. The number of aryl methyl sites for hydroxylation is 1. The predicted molar refractivity (Wildman–Crippen MR) is 68.1 cm³/mol. The summed E-state index contributed by atoms with van der Waals surface area (Å²) in [7, 11) is 1.49. The highest BCUT2D eigenvalue weighted by atomic mass is 16.3. The summed E-state index contributed by atoms with van der Waals surface area (Å²) in [6, 6.07) is 3.26. The molecular weight excluding hydrogens is 250 g/mol. The largest absolute Gasteiger partial charge is 0.505 e. The third-order valence-electron chi connectivity index (χ3n) is 2.75. The van der Waals surface area contributed by atoms with E-state index in [1.165, 1.54) is 17.8 Å². The Morgan fingerprint density at radius 2 is 2.26 bits per heavy atom. The molecule has 2 aromatic heterocycles. The Morgan fingerprint density at radius 1 is 1.53 bits per heavy atom. The van der Waals surface area contributed by atoms with Gasteiger partial charge in [-0.25, -0.2) is 0 Å². The molecular formula is C12H13N3O4. The number of rotatable bonds is 3. The van der Waals surface area contributed by atoms with Gasteiger partial charge >= 0.3 is 0 Å². The van der Waals surface area contributed by atoms with Gasteiger partial charge in [-0.3, -0.25) is 14.6 Å². The van der Waals surface area contributed by atoms with E-state index in [0.717, 1.165) is 0 Å². The van der Waals surface area contributed by atoms with E-state index in [1.807, 2.05) is 0 Å². The number of hydrogen-bond acceptors (Lipinski definition) is 5. The molecule has 0 aliphatic rings. The summed E-state index contributed by atoms with van der Waals surface area (Å²) in [6.07, 6.45) is 1.46. The average Bonchev–Trinajstić information content (AvgIpc) is 2.43. The molecule has 19 heavy (non-hydrogen) atoms. The highest BCUT2D eigenvalue weighted by Gasteiger charge is 2.21. The number of carbonyl (C=O) groups is 1. The van der Waals surface area contributed by atoms with Crippen molar-refractivity contribution in [2.45, 2.75) is 0 Å². The molecule has 2 heterocycles. The second kappa shape index (κ2) is 5.07. The lowest BCUT2D eigenvalue weighted by Crippen LogP contribution is -2.34. The number of aromatic hydroxyl groups is 1. The Kier molecular flexibility index (Phi) is 3.48. The molecule has 0 saturated heterocycles. The Morgan fingerprint density at radius 3 is 2.95 bits per heavy atom. The molecule has 3 N–H and O–H groups in total. The minimum Gasteiger partial charge on any atom is -0.505 e. The monoisotopic (exact) mass is 263 g/mol. The van der Waals surface area contributed by atoms with Crippen molar-refractivity contribution in [3.05, 3.63) is 34.2 Å². The lowest BCUT2D eigenvalue weighted by atomic mass is 10.2. The van der Waals surface area contributed by atoms with Crippen LogP contribution in [0.15, 0.2) is 23.1 Å². The summed E-state index contributed by atoms with van der Waals surface area (Å²) in [5.74, 6) is -1.19. The van der Waals surface area contributed by atoms with E-state index in [9.17, 15) is 14.7 Å². The SMILES string of the molecule is Cn1c(=O)c(C(=O)NCCO)c(O)c2ncccc21. The number of pyridine rings is 2. The number of nitrogens with one attached hydrogen (secondary N) is 1. The number of aromatic nitrogens is 2. The Balaban J connectivity index is 2.68. The van der Waals surface area contributed by atoms with E-state index in [2.05, 4.69) is 10.3 Å². The van der Waals surface area contributed by atoms with Gasteiger partial charge in [0.1, 0.15) is 11.1 Å². The average molecular weight is 263 g/mol. The first-order chi connectivity index (χ1) is 9.07. The molecule has 2 rings (SSSR count). The standard InChI is InChI=1S/C12H13N3O4/c1-15-7-3-2-4-13-9(7)10(17)8(12(15)19)11(18)14-5-6-16/h2-4,16-17H,5-6H2,1H3,(H,14,18). The van der Waals surface area contributed by atoms with Gasteiger partial charge in [0.2, 0.25) is 0 Å². The highest BCUT2D eigenvalue weighted by Crippen LogP contribution is 2.23. The Bertz CT molecular complexity index is 693. The van der Waals surface area contributed by atoms with Gasteiger partial charge in [0.05, 0.1) is 12.1 Å². The van der Waals surface area contributed by atoms with Crippen molar-refractivity contribution in [1.29, 1.82) is 0 Å². The smallest absolute Gasteiger partial charge is 0.267 e. The molecule has 1 amide bonds. The summed E-state index contributed by atoms with van der Waals surface area (Å²) >= 11 is 0. The fourth-order valence-electron chi connectivity index (χ4n) is 1.81. The first-order valence-corrected chi connectivity index (χ1v) is 5.63. The van der Waals surface area contributed by atoms with Gasteiger partial charge in [-0.05, 0) is 12.1 Å². The first kappa shape index (κ1) is 13.0. The minimum atomic E-state index is -0.736. The molecule has 0 radical (unpaired) electrons. The normalized spacial score (nSPS) is 10.6. The fraction of sp³-hybridized carbons (Fsp3) is 0.250. The van der Waals surface area contributed by atoms with Crippen LogP contribution < -0.4 is 10.9 Å². The van der Waals surface area contributed by atoms with Crippen molar-refractivity contribution < 1.29 is 15.0 Å². The van der Waals surface area contributed by atoms with Gasteiger partial charge in [-0.15, -0.1) is 0 Å². The second-order valence-corrected chi connectivity index (χ2v) is 3.94. The van der Waals surface area contributed by atoms with Crippen molar-refractivity contribution >= 4 is 16.9 Å². The molecule has 0 aliphatic heterocycles. The zero-order valence-electron chi connectivity index (χ0n) is 10.3. The van der Waals surface area contributed by atoms with Crippen molar-refractivity contribution in [2.75, 3.05) is 13.2 Å². The van der Waals surface area contributed by atoms with Crippen LogP contribution in [-0.2, 0) is 7.05 Å². The van der Waals surface area contributed by atoms with E-state index in [4.69, 9.17) is 5.11 Å². The summed E-state index contributed by atoms with van der Waals surface area (Å²) in [4.78, 5) is 27.8. The number of aliphatic hydroxyl groups is 1. The molecule has 0 fully saturated rings. The van der Waals surface area contributed by atoms with Crippen LogP contribution in [0.2, 0.25) is 0 Å². The van der Waals surface area contributed by atoms with E-state index in [1.54, 1.807) is 12.1 Å². The molecule has 0 aliphatic carbocycles. The molecule has 7 heteroatoms. The Hall–Kier alpha value is -2.41. The summed E-state index contributed by atoms with van der Waals surface area (Å²) in [6.45, 7) is -0.250. The number of nitrogens with zero attached hydrogens (tertiary/aromatic N) is 2. The summed E-state index contributed by atoms with van der Waals surface area (Å²) < 4.78 is 1.25. The molecule has 100 valence electrons. The molecule has 7 nitrogen and oxygen atoms in total. The van der Waals surface area contributed by atoms with E-state index >= 15 is 0 Å². The topological polar surface area (TPSA) is 104 Å². The van der Waals surface area contributed by atoms with Gasteiger partial charge in [0.25, 0.3) is 11.5 Å². The highest BCUT2D eigenvalue weighted by molar-refractivity contribution is 6.01. The molecule has 0 spiro atoms. The molecule has 0 saturated carbocycles. The maximum Gasteiger partial charge on any atom is 0.267 e. The quantitative estimate of drug-likeness (QED) is 0.683. The van der Waals surface area contributed by atoms with Crippen LogP contribution in [0.1, 0.15) is 10.4 Å². The van der Waals surface area contributed by atoms with Gasteiger partial charge in [0.15, 0.2) is 5.75 Å². The molecule has 0 bridgehead atoms. The zero-order chi connectivity index (χ0) is 14.0. The van der Waals surface area contributed by atoms with E-state index < -0.39 is 17.2 Å². The Labute approximate surface area is 108 Å². The number of hydrogen-bond donors (Lipinski definition) is 3. The molecule has 0 aromatic carbocycles. The summed E-state index contributed by atoms with van der Waals surface area (Å²) in [5, 5.41) is 21.0. The first-order valence-electron chi connectivity index (χ1n) is 5.63. The second-order valence-electron chi connectivity index (χ2n) is 3.94. The maximum absolute atomic E-state index is 12.1. The third-order valence-corrected chi connectivity index (χ3v) is 2.75. The van der Waals surface area contributed by atoms with Crippen molar-refractivity contribution in [3.8, 4) is 5.75 Å². The van der Waals surface area contributed by atoms with Crippen LogP contribution in [0.5, 0.6) is 5.75 Å². The molecule has 2 aromatic rings. The van der Waals surface area contributed by atoms with Gasteiger partial charge < -0.3 is 20.1 Å². The maximum atomic E-state index is 12.1. The van der Waals surface area contributed by atoms with Crippen molar-refractivity contribution in [2.24, 2.45) is 7.05 Å². The van der Waals surface area contributed by atoms with Crippen LogP contribution in [0, 0.1) is 0 Å². The van der Waals surface area contributed by atoms with Gasteiger partial charge in [-0.2, -0.15) is 0 Å². The van der Waals surface area contributed by atoms with Crippen molar-refractivity contribution in [1.82, 2.24) is 14.9 Å². The number of aliphatic hydroxyl groups excluding tert-OH is 1. The summed E-state index contributed by atoms with van der Waals surface area (Å²) in [5.41, 5.74) is -0.377. The van der Waals surface area contributed by atoms with Crippen LogP contribution in [0.25, 0.3) is 11.0 Å². The fourth-order valence-corrected chi connectivity index (χ4v) is 1.81.